The minimum Gasteiger partial charge on any atom is -0.475 e. The molecular formula is C10H13NO4. The average molecular weight is 211 g/mol. The second-order valence-corrected chi connectivity index (χ2v) is 3.46. The molecule has 2 rings (SSSR count). The van der Waals surface area contributed by atoms with Crippen LogP contribution in [0.15, 0.2) is 18.2 Å². The molecule has 1 aliphatic rings. The maximum absolute atomic E-state index is 9.94. The Labute approximate surface area is 87.3 Å². The van der Waals surface area contributed by atoms with Gasteiger partial charge in [0.2, 0.25) is 5.88 Å². The van der Waals surface area contributed by atoms with Gasteiger partial charge in [-0.05, 0) is 6.07 Å². The summed E-state index contributed by atoms with van der Waals surface area (Å²) in [6.45, 7) is 0.678. The van der Waals surface area contributed by atoms with Gasteiger partial charge in [0.05, 0.1) is 25.5 Å². The van der Waals surface area contributed by atoms with Crippen molar-refractivity contribution in [3.8, 4) is 5.88 Å². The minimum atomic E-state index is -0.974. The van der Waals surface area contributed by atoms with Gasteiger partial charge >= 0.3 is 0 Å². The van der Waals surface area contributed by atoms with E-state index < -0.39 is 5.60 Å². The Balaban J connectivity index is 2.11. The Morgan fingerprint density at radius 3 is 2.87 bits per heavy atom. The number of ether oxygens (including phenoxy) is 2. The molecule has 1 aromatic heterocycles. The van der Waals surface area contributed by atoms with E-state index in [2.05, 4.69) is 4.98 Å². The van der Waals surface area contributed by atoms with Crippen LogP contribution in [0.2, 0.25) is 0 Å². The van der Waals surface area contributed by atoms with Gasteiger partial charge < -0.3 is 19.7 Å². The first-order chi connectivity index (χ1) is 7.24. The molecule has 82 valence electrons. The summed E-state index contributed by atoms with van der Waals surface area (Å²) in [6, 6.07) is 5.17. The van der Waals surface area contributed by atoms with Crippen molar-refractivity contribution in [2.75, 3.05) is 26.4 Å². The minimum absolute atomic E-state index is 0.0563. The van der Waals surface area contributed by atoms with Crippen molar-refractivity contribution in [2.45, 2.75) is 5.60 Å². The molecule has 0 aromatic carbocycles. The third kappa shape index (κ3) is 2.09. The Kier molecular flexibility index (Phi) is 2.86. The summed E-state index contributed by atoms with van der Waals surface area (Å²) < 4.78 is 10.1. The maximum Gasteiger partial charge on any atom is 0.213 e. The molecule has 0 bridgehead atoms. The quantitative estimate of drug-likeness (QED) is 0.713. The first-order valence-electron chi connectivity index (χ1n) is 4.76. The second kappa shape index (κ2) is 4.14. The molecule has 2 heterocycles. The lowest BCUT2D eigenvalue weighted by Gasteiger charge is -2.35. The monoisotopic (exact) mass is 211 g/mol. The SMILES string of the molecule is OCCOc1cccc(C2(O)COC2)n1. The molecule has 5 nitrogen and oxygen atoms in total. The summed E-state index contributed by atoms with van der Waals surface area (Å²) in [5.74, 6) is 0.405. The molecule has 0 saturated carbocycles. The number of aliphatic hydroxyl groups excluding tert-OH is 1. The molecule has 0 aliphatic carbocycles. The van der Waals surface area contributed by atoms with E-state index >= 15 is 0 Å². The standard InChI is InChI=1S/C10H13NO4/c12-4-5-15-9-3-1-2-8(11-9)10(13)6-14-7-10/h1-3,12-13H,4-7H2. The van der Waals surface area contributed by atoms with Crippen molar-refractivity contribution >= 4 is 0 Å². The summed E-state index contributed by atoms with van der Waals surface area (Å²) in [5, 5.41) is 18.5. The van der Waals surface area contributed by atoms with Crippen LogP contribution in [0.25, 0.3) is 0 Å². The van der Waals surface area contributed by atoms with Crippen molar-refractivity contribution in [1.82, 2.24) is 4.98 Å². The highest BCUT2D eigenvalue weighted by Crippen LogP contribution is 2.28. The molecule has 0 unspecified atom stereocenters. The van der Waals surface area contributed by atoms with Crippen molar-refractivity contribution in [3.05, 3.63) is 23.9 Å². The molecule has 0 amide bonds. The van der Waals surface area contributed by atoms with Gasteiger partial charge in [0.15, 0.2) is 5.60 Å². The normalized spacial score (nSPS) is 18.3. The molecule has 1 fully saturated rings. The fraction of sp³-hybridized carbons (Fsp3) is 0.500. The third-order valence-corrected chi connectivity index (χ3v) is 2.22. The number of hydrogen-bond acceptors (Lipinski definition) is 5. The Morgan fingerprint density at radius 2 is 2.27 bits per heavy atom. The molecule has 2 N–H and O–H groups in total. The number of pyridine rings is 1. The van der Waals surface area contributed by atoms with Crippen molar-refractivity contribution in [1.29, 1.82) is 0 Å². The van der Waals surface area contributed by atoms with Gasteiger partial charge in [0, 0.05) is 6.07 Å². The number of aliphatic hydroxyl groups is 2. The lowest BCUT2D eigenvalue weighted by molar-refractivity contribution is -0.187. The van der Waals surface area contributed by atoms with Crippen LogP contribution >= 0.6 is 0 Å². The van der Waals surface area contributed by atoms with Gasteiger partial charge in [-0.2, -0.15) is 0 Å². The Bertz CT molecular complexity index is 338. The van der Waals surface area contributed by atoms with Gasteiger partial charge in [-0.1, -0.05) is 6.07 Å². The van der Waals surface area contributed by atoms with E-state index in [4.69, 9.17) is 14.6 Å². The van der Waals surface area contributed by atoms with Crippen LogP contribution in [0.5, 0.6) is 5.88 Å². The van der Waals surface area contributed by atoms with E-state index in [1.807, 2.05) is 0 Å². The topological polar surface area (TPSA) is 71.8 Å². The molecule has 1 saturated heterocycles. The lowest BCUT2D eigenvalue weighted by atomic mass is 9.97. The molecule has 0 atom stereocenters. The summed E-state index contributed by atoms with van der Waals surface area (Å²) in [6.07, 6.45) is 0. The van der Waals surface area contributed by atoms with Crippen LogP contribution in [0.4, 0.5) is 0 Å². The predicted octanol–water partition coefficient (Wildman–Crippen LogP) is -0.330. The highest BCUT2D eigenvalue weighted by Gasteiger charge is 2.39. The van der Waals surface area contributed by atoms with Crippen LogP contribution in [-0.4, -0.2) is 41.6 Å². The fourth-order valence-electron chi connectivity index (χ4n) is 1.35. The van der Waals surface area contributed by atoms with Gasteiger partial charge in [-0.3, -0.25) is 0 Å². The van der Waals surface area contributed by atoms with Crippen LogP contribution in [-0.2, 0) is 10.3 Å². The number of nitrogens with zero attached hydrogens (tertiary/aromatic N) is 1. The predicted molar refractivity (Wildman–Crippen MR) is 51.5 cm³/mol. The van der Waals surface area contributed by atoms with Gasteiger partial charge in [-0.25, -0.2) is 4.98 Å². The summed E-state index contributed by atoms with van der Waals surface area (Å²) in [4.78, 5) is 4.14. The molecular weight excluding hydrogens is 198 g/mol. The molecule has 5 heteroatoms. The van der Waals surface area contributed by atoms with Crippen LogP contribution in [0, 0.1) is 0 Å². The van der Waals surface area contributed by atoms with E-state index in [-0.39, 0.29) is 26.4 Å². The Morgan fingerprint density at radius 1 is 1.47 bits per heavy atom. The summed E-state index contributed by atoms with van der Waals surface area (Å²) >= 11 is 0. The first kappa shape index (κ1) is 10.4. The van der Waals surface area contributed by atoms with Gasteiger partial charge in [0.25, 0.3) is 0 Å². The lowest BCUT2D eigenvalue weighted by Crippen LogP contribution is -2.47. The molecule has 1 aromatic rings. The highest BCUT2D eigenvalue weighted by molar-refractivity contribution is 5.22. The number of rotatable bonds is 4. The van der Waals surface area contributed by atoms with Crippen LogP contribution in [0.1, 0.15) is 5.69 Å². The van der Waals surface area contributed by atoms with Gasteiger partial charge in [-0.15, -0.1) is 0 Å². The number of hydrogen-bond donors (Lipinski definition) is 2. The smallest absolute Gasteiger partial charge is 0.213 e. The third-order valence-electron chi connectivity index (χ3n) is 2.22. The summed E-state index contributed by atoms with van der Waals surface area (Å²) in [7, 11) is 0. The molecule has 1 aliphatic heterocycles. The van der Waals surface area contributed by atoms with E-state index in [1.165, 1.54) is 0 Å². The highest BCUT2D eigenvalue weighted by atomic mass is 16.5. The molecule has 0 spiro atoms. The average Bonchev–Trinajstić information content (AvgIpc) is 2.23. The second-order valence-electron chi connectivity index (χ2n) is 3.46. The fourth-order valence-corrected chi connectivity index (χ4v) is 1.35. The summed E-state index contributed by atoms with van der Waals surface area (Å²) in [5.41, 5.74) is -0.428. The van der Waals surface area contributed by atoms with Crippen molar-refractivity contribution in [2.24, 2.45) is 0 Å². The van der Waals surface area contributed by atoms with E-state index in [0.29, 0.717) is 11.6 Å². The first-order valence-corrected chi connectivity index (χ1v) is 4.76. The number of aromatic nitrogens is 1. The van der Waals surface area contributed by atoms with Crippen molar-refractivity contribution in [3.63, 3.8) is 0 Å². The zero-order valence-corrected chi connectivity index (χ0v) is 8.22. The zero-order valence-electron chi connectivity index (χ0n) is 8.22. The maximum atomic E-state index is 9.94. The van der Waals surface area contributed by atoms with E-state index in [1.54, 1.807) is 18.2 Å². The van der Waals surface area contributed by atoms with Crippen molar-refractivity contribution < 1.29 is 19.7 Å². The van der Waals surface area contributed by atoms with Crippen LogP contribution in [0.3, 0.4) is 0 Å². The van der Waals surface area contributed by atoms with E-state index in [0.717, 1.165) is 0 Å². The molecule has 0 radical (unpaired) electrons. The van der Waals surface area contributed by atoms with Crippen LogP contribution < -0.4 is 4.74 Å². The molecule has 15 heavy (non-hydrogen) atoms. The zero-order chi connectivity index (χ0) is 10.7. The van der Waals surface area contributed by atoms with E-state index in [9.17, 15) is 5.11 Å². The Hall–Kier alpha value is -1.17. The largest absolute Gasteiger partial charge is 0.475 e. The van der Waals surface area contributed by atoms with Gasteiger partial charge in [0.1, 0.15) is 6.61 Å².